The van der Waals surface area contributed by atoms with Gasteiger partial charge in [0.1, 0.15) is 5.38 Å². The third-order valence-electron chi connectivity index (χ3n) is 1.50. The van der Waals surface area contributed by atoms with Crippen LogP contribution in [0.4, 0.5) is 0 Å². The van der Waals surface area contributed by atoms with E-state index in [-0.39, 0.29) is 12.5 Å². The maximum Gasteiger partial charge on any atom is 0.237 e. The predicted molar refractivity (Wildman–Crippen MR) is 49.3 cm³/mol. The predicted octanol–water partition coefficient (Wildman–Crippen LogP) is 0.892. The molecule has 0 aliphatic heterocycles. The van der Waals surface area contributed by atoms with Crippen LogP contribution in [0.5, 0.6) is 0 Å². The molecule has 0 bridgehead atoms. The van der Waals surface area contributed by atoms with Gasteiger partial charge in [-0.3, -0.25) is 4.79 Å². The van der Waals surface area contributed by atoms with Crippen molar-refractivity contribution in [3.05, 3.63) is 0 Å². The molecule has 72 valence electrons. The molecule has 0 heterocycles. The molecule has 1 amide bonds. The van der Waals surface area contributed by atoms with Crippen LogP contribution in [-0.4, -0.2) is 29.5 Å². The molecule has 0 saturated heterocycles. The Kier molecular flexibility index (Phi) is 7.20. The van der Waals surface area contributed by atoms with Crippen molar-refractivity contribution < 1.29 is 9.90 Å². The first-order valence-corrected chi connectivity index (χ1v) is 4.64. The van der Waals surface area contributed by atoms with Gasteiger partial charge in [0.05, 0.1) is 0 Å². The molecule has 1 atom stereocenters. The Morgan fingerprint density at radius 3 is 2.67 bits per heavy atom. The van der Waals surface area contributed by atoms with Crippen molar-refractivity contribution >= 4 is 17.5 Å². The van der Waals surface area contributed by atoms with E-state index in [1.165, 1.54) is 0 Å². The van der Waals surface area contributed by atoms with Gasteiger partial charge in [-0.15, -0.1) is 11.6 Å². The first kappa shape index (κ1) is 11.7. The van der Waals surface area contributed by atoms with Gasteiger partial charge in [-0.25, -0.2) is 0 Å². The molecular formula is C8H16ClNO2. The number of rotatable bonds is 6. The Labute approximate surface area is 78.1 Å². The maximum atomic E-state index is 10.9. The summed E-state index contributed by atoms with van der Waals surface area (Å²) in [6, 6.07) is 0. The lowest BCUT2D eigenvalue weighted by molar-refractivity contribution is -0.120. The van der Waals surface area contributed by atoms with Crippen molar-refractivity contribution in [2.45, 2.75) is 31.6 Å². The number of aliphatic hydroxyl groups excluding tert-OH is 1. The lowest BCUT2D eigenvalue weighted by atomic mass is 10.2. The minimum atomic E-state index is -0.456. The van der Waals surface area contributed by atoms with Crippen LogP contribution < -0.4 is 5.32 Å². The molecule has 3 nitrogen and oxygen atoms in total. The van der Waals surface area contributed by atoms with Crippen molar-refractivity contribution in [1.82, 2.24) is 5.32 Å². The molecule has 0 spiro atoms. The normalized spacial score (nSPS) is 12.6. The van der Waals surface area contributed by atoms with E-state index in [2.05, 4.69) is 5.32 Å². The molecule has 0 aliphatic carbocycles. The minimum Gasteiger partial charge on any atom is -0.396 e. The summed E-state index contributed by atoms with van der Waals surface area (Å²) < 4.78 is 0. The molecule has 0 aromatic carbocycles. The highest BCUT2D eigenvalue weighted by atomic mass is 35.5. The average molecular weight is 194 g/mol. The summed E-state index contributed by atoms with van der Waals surface area (Å²) in [7, 11) is 0. The van der Waals surface area contributed by atoms with Gasteiger partial charge in [0.25, 0.3) is 0 Å². The summed E-state index contributed by atoms with van der Waals surface area (Å²) >= 11 is 5.52. The fourth-order valence-electron chi connectivity index (χ4n) is 0.766. The number of nitrogens with one attached hydrogen (secondary N) is 1. The lowest BCUT2D eigenvalue weighted by Gasteiger charge is -2.05. The molecule has 0 radical (unpaired) electrons. The molecule has 1 unspecified atom stereocenters. The standard InChI is InChI=1S/C8H16ClNO2/c1-7(9)8(12)10-5-3-2-4-6-11/h7,11H,2-6H2,1H3,(H,10,12). The highest BCUT2D eigenvalue weighted by molar-refractivity contribution is 6.30. The molecule has 0 fully saturated rings. The highest BCUT2D eigenvalue weighted by Crippen LogP contribution is 1.95. The van der Waals surface area contributed by atoms with Gasteiger partial charge >= 0.3 is 0 Å². The number of amides is 1. The van der Waals surface area contributed by atoms with E-state index in [0.717, 1.165) is 19.3 Å². The van der Waals surface area contributed by atoms with Gasteiger partial charge in [-0.05, 0) is 26.2 Å². The Balaban J connectivity index is 3.14. The van der Waals surface area contributed by atoms with E-state index in [0.29, 0.717) is 6.54 Å². The number of hydrogen-bond donors (Lipinski definition) is 2. The zero-order valence-corrected chi connectivity index (χ0v) is 8.10. The quantitative estimate of drug-likeness (QED) is 0.486. The fourth-order valence-corrected chi connectivity index (χ4v) is 0.843. The Morgan fingerprint density at radius 1 is 1.50 bits per heavy atom. The second-order valence-electron chi connectivity index (χ2n) is 2.69. The monoisotopic (exact) mass is 193 g/mol. The minimum absolute atomic E-state index is 0.124. The molecule has 0 aromatic rings. The number of halogens is 1. The Bertz CT molecular complexity index is 128. The van der Waals surface area contributed by atoms with Crippen LogP contribution >= 0.6 is 11.6 Å². The zero-order chi connectivity index (χ0) is 9.40. The molecule has 0 aliphatic rings. The number of unbranched alkanes of at least 4 members (excludes halogenated alkanes) is 2. The largest absolute Gasteiger partial charge is 0.396 e. The topological polar surface area (TPSA) is 49.3 Å². The molecular weight excluding hydrogens is 178 g/mol. The van der Waals surface area contributed by atoms with E-state index in [1.807, 2.05) is 0 Å². The van der Waals surface area contributed by atoms with Gasteiger partial charge in [0, 0.05) is 13.2 Å². The molecule has 0 rings (SSSR count). The van der Waals surface area contributed by atoms with Gasteiger partial charge in [-0.2, -0.15) is 0 Å². The van der Waals surface area contributed by atoms with Crippen molar-refractivity contribution in [1.29, 1.82) is 0 Å². The SMILES string of the molecule is CC(Cl)C(=O)NCCCCCO. The summed E-state index contributed by atoms with van der Waals surface area (Å²) in [5, 5.41) is 10.7. The summed E-state index contributed by atoms with van der Waals surface area (Å²) in [5.74, 6) is -0.124. The first-order valence-electron chi connectivity index (χ1n) is 4.21. The third kappa shape index (κ3) is 6.43. The fraction of sp³-hybridized carbons (Fsp3) is 0.875. The van der Waals surface area contributed by atoms with Crippen molar-refractivity contribution in [2.75, 3.05) is 13.2 Å². The maximum absolute atomic E-state index is 10.9. The van der Waals surface area contributed by atoms with E-state index < -0.39 is 5.38 Å². The Morgan fingerprint density at radius 2 is 2.17 bits per heavy atom. The van der Waals surface area contributed by atoms with E-state index in [1.54, 1.807) is 6.92 Å². The van der Waals surface area contributed by atoms with Crippen LogP contribution in [0.2, 0.25) is 0 Å². The van der Waals surface area contributed by atoms with E-state index in [9.17, 15) is 4.79 Å². The average Bonchev–Trinajstić information content (AvgIpc) is 2.03. The molecule has 4 heteroatoms. The van der Waals surface area contributed by atoms with Crippen molar-refractivity contribution in [2.24, 2.45) is 0 Å². The molecule has 2 N–H and O–H groups in total. The second-order valence-corrected chi connectivity index (χ2v) is 3.35. The number of carbonyl (C=O) groups is 1. The number of hydrogen-bond acceptors (Lipinski definition) is 2. The van der Waals surface area contributed by atoms with Crippen LogP contribution in [-0.2, 0) is 4.79 Å². The summed E-state index contributed by atoms with van der Waals surface area (Å²) in [6.45, 7) is 2.51. The van der Waals surface area contributed by atoms with Gasteiger partial charge < -0.3 is 10.4 Å². The second kappa shape index (κ2) is 7.37. The van der Waals surface area contributed by atoms with Crippen molar-refractivity contribution in [3.8, 4) is 0 Å². The summed E-state index contributed by atoms with van der Waals surface area (Å²) in [6.07, 6.45) is 2.63. The van der Waals surface area contributed by atoms with Gasteiger partial charge in [0.2, 0.25) is 5.91 Å². The van der Waals surface area contributed by atoms with Crippen LogP contribution in [0.3, 0.4) is 0 Å². The summed E-state index contributed by atoms with van der Waals surface area (Å²) in [4.78, 5) is 10.9. The van der Waals surface area contributed by atoms with E-state index >= 15 is 0 Å². The zero-order valence-electron chi connectivity index (χ0n) is 7.35. The Hall–Kier alpha value is -0.280. The van der Waals surface area contributed by atoms with Gasteiger partial charge in [-0.1, -0.05) is 0 Å². The van der Waals surface area contributed by atoms with E-state index in [4.69, 9.17) is 16.7 Å². The number of aliphatic hydroxyl groups is 1. The third-order valence-corrected chi connectivity index (χ3v) is 1.69. The smallest absolute Gasteiger partial charge is 0.237 e. The molecule has 0 aromatic heterocycles. The van der Waals surface area contributed by atoms with Crippen LogP contribution in [0, 0.1) is 0 Å². The van der Waals surface area contributed by atoms with Crippen LogP contribution in [0.25, 0.3) is 0 Å². The number of alkyl halides is 1. The lowest BCUT2D eigenvalue weighted by Crippen LogP contribution is -2.30. The number of carbonyl (C=O) groups excluding carboxylic acids is 1. The molecule has 12 heavy (non-hydrogen) atoms. The summed E-state index contributed by atoms with van der Waals surface area (Å²) in [5.41, 5.74) is 0. The molecule has 0 saturated carbocycles. The van der Waals surface area contributed by atoms with Crippen molar-refractivity contribution in [3.63, 3.8) is 0 Å². The van der Waals surface area contributed by atoms with Crippen LogP contribution in [0.1, 0.15) is 26.2 Å². The van der Waals surface area contributed by atoms with Gasteiger partial charge in [0.15, 0.2) is 0 Å². The first-order chi connectivity index (χ1) is 5.68. The highest BCUT2D eigenvalue weighted by Gasteiger charge is 2.06. The van der Waals surface area contributed by atoms with Crippen LogP contribution in [0.15, 0.2) is 0 Å².